The molecule has 1 aliphatic rings. The molecule has 2 aromatic carbocycles. The second-order valence-electron chi connectivity index (χ2n) is 9.72. The van der Waals surface area contributed by atoms with Crippen LogP contribution in [0.4, 0.5) is 0 Å². The Morgan fingerprint density at radius 2 is 0.848 bits per heavy atom. The predicted octanol–water partition coefficient (Wildman–Crippen LogP) is 2.56. The number of esters is 4. The number of ether oxygens (including phenoxy) is 6. The zero-order chi connectivity index (χ0) is 34.0. The summed E-state index contributed by atoms with van der Waals surface area (Å²) in [5.74, 6) is -9.23. The molecule has 0 aliphatic heterocycles. The van der Waals surface area contributed by atoms with Crippen LogP contribution in [-0.2, 0) is 47.7 Å². The van der Waals surface area contributed by atoms with Gasteiger partial charge in [0, 0.05) is 11.8 Å². The Kier molecular flexibility index (Phi) is 12.0. The number of aliphatic hydroxyl groups excluding tert-OH is 2. The summed E-state index contributed by atoms with van der Waals surface area (Å²) in [6.07, 6.45) is -1.00. The Morgan fingerprint density at radius 1 is 0.543 bits per heavy atom. The molecule has 0 amide bonds. The first-order valence-electron chi connectivity index (χ1n) is 13.6. The summed E-state index contributed by atoms with van der Waals surface area (Å²) in [5, 5.41) is 22.3. The first kappa shape index (κ1) is 34.8. The number of carbonyl (C=O) groups excluding carboxylic acids is 6. The Bertz CT molecular complexity index is 1430. The predicted molar refractivity (Wildman–Crippen MR) is 156 cm³/mol. The van der Waals surface area contributed by atoms with Crippen LogP contribution in [0.1, 0.15) is 35.8 Å². The molecule has 0 radical (unpaired) electrons. The fourth-order valence-corrected chi connectivity index (χ4v) is 4.63. The number of rotatable bonds is 14. The molecule has 0 saturated carbocycles. The van der Waals surface area contributed by atoms with E-state index in [2.05, 4.69) is 9.47 Å². The zero-order valence-electron chi connectivity index (χ0n) is 25.4. The van der Waals surface area contributed by atoms with Crippen molar-refractivity contribution in [3.63, 3.8) is 0 Å². The average molecular weight is 641 g/mol. The van der Waals surface area contributed by atoms with Crippen LogP contribution in [0.15, 0.2) is 71.2 Å². The monoisotopic (exact) mass is 640 g/mol. The van der Waals surface area contributed by atoms with E-state index >= 15 is 0 Å². The second kappa shape index (κ2) is 15.9. The van der Waals surface area contributed by atoms with Gasteiger partial charge in [0.15, 0.2) is 24.7 Å². The summed E-state index contributed by atoms with van der Waals surface area (Å²) < 4.78 is 29.2. The molecule has 46 heavy (non-hydrogen) atoms. The van der Waals surface area contributed by atoms with Gasteiger partial charge in [0.05, 0.1) is 52.4 Å². The van der Waals surface area contributed by atoms with Crippen molar-refractivity contribution >= 4 is 35.4 Å². The minimum atomic E-state index is -1.26. The van der Waals surface area contributed by atoms with Gasteiger partial charge >= 0.3 is 23.9 Å². The smallest absolute Gasteiger partial charge is 0.343 e. The van der Waals surface area contributed by atoms with Crippen LogP contribution < -0.4 is 9.47 Å². The molecule has 0 unspecified atom stereocenters. The highest BCUT2D eigenvalue weighted by Crippen LogP contribution is 2.41. The van der Waals surface area contributed by atoms with E-state index in [1.807, 2.05) is 0 Å². The van der Waals surface area contributed by atoms with Crippen LogP contribution in [0.2, 0.25) is 0 Å². The fourth-order valence-electron chi connectivity index (χ4n) is 4.63. The third kappa shape index (κ3) is 8.28. The van der Waals surface area contributed by atoms with Gasteiger partial charge in [0.25, 0.3) is 0 Å². The van der Waals surface area contributed by atoms with Crippen LogP contribution in [-0.4, -0.2) is 87.3 Å². The van der Waals surface area contributed by atoms with Crippen LogP contribution in [0.25, 0.3) is 0 Å². The fraction of sp³-hybridized carbons (Fsp3) is 0.312. The maximum absolute atomic E-state index is 13.7. The summed E-state index contributed by atoms with van der Waals surface area (Å²) in [4.78, 5) is 74.9. The Morgan fingerprint density at radius 3 is 1.13 bits per heavy atom. The molecule has 0 spiro atoms. The maximum atomic E-state index is 13.7. The molecule has 2 N–H and O–H groups in total. The summed E-state index contributed by atoms with van der Waals surface area (Å²) in [6, 6.07) is 11.5. The molecule has 14 nitrogen and oxygen atoms in total. The van der Waals surface area contributed by atoms with Gasteiger partial charge in [-0.05, 0) is 35.4 Å². The minimum absolute atomic E-state index is 0.243. The summed E-state index contributed by atoms with van der Waals surface area (Å²) >= 11 is 0. The minimum Gasteiger partial charge on any atom is -0.504 e. The molecule has 14 heteroatoms. The molecule has 3 rings (SSSR count). The van der Waals surface area contributed by atoms with E-state index in [1.165, 1.54) is 62.8 Å². The number of Topliss-reactive ketones (excluding diaryl/α,β-unsaturated/α-hetero) is 2. The molecule has 0 fully saturated rings. The normalized spacial score (nSPS) is 14.3. The highest BCUT2D eigenvalue weighted by molar-refractivity contribution is 6.24. The largest absolute Gasteiger partial charge is 0.504 e. The van der Waals surface area contributed by atoms with Crippen molar-refractivity contribution in [2.24, 2.45) is 0 Å². The van der Waals surface area contributed by atoms with E-state index in [0.29, 0.717) is 0 Å². The van der Waals surface area contributed by atoms with E-state index < -0.39 is 82.8 Å². The number of allylic oxidation sites excluding steroid dienone is 2. The molecular weight excluding hydrogens is 608 g/mol. The number of methoxy groups -OCH3 is 4. The molecule has 1 aliphatic carbocycles. The van der Waals surface area contributed by atoms with E-state index in [1.54, 1.807) is 0 Å². The first-order valence-corrected chi connectivity index (χ1v) is 13.6. The molecule has 2 atom stereocenters. The van der Waals surface area contributed by atoms with E-state index in [0.717, 1.165) is 14.2 Å². The van der Waals surface area contributed by atoms with Crippen LogP contribution in [0.3, 0.4) is 0 Å². The van der Waals surface area contributed by atoms with E-state index in [4.69, 9.17) is 18.9 Å². The van der Waals surface area contributed by atoms with Gasteiger partial charge in [0.1, 0.15) is 11.5 Å². The lowest BCUT2D eigenvalue weighted by Gasteiger charge is -2.27. The van der Waals surface area contributed by atoms with Gasteiger partial charge < -0.3 is 38.6 Å². The van der Waals surface area contributed by atoms with Gasteiger partial charge in [-0.3, -0.25) is 19.2 Å². The number of aliphatic hydroxyl groups is 2. The lowest BCUT2D eigenvalue weighted by atomic mass is 9.76. The second-order valence-corrected chi connectivity index (χ2v) is 9.72. The number of hydrogen-bond acceptors (Lipinski definition) is 14. The highest BCUT2D eigenvalue weighted by Gasteiger charge is 2.43. The molecule has 244 valence electrons. The number of benzene rings is 2. The zero-order valence-corrected chi connectivity index (χ0v) is 25.4. The van der Waals surface area contributed by atoms with Gasteiger partial charge in [-0.15, -0.1) is 0 Å². The molecular formula is C32H32O14. The SMILES string of the molecule is COC(=O)COc1ccc([C@H](CC(=O)OC)C2=C(O)C(=O)C([C@H](CC(=O)OC)c3ccc(OCC(=O)OC)cc3)=C(O)C2=O)cc1. The van der Waals surface area contributed by atoms with Gasteiger partial charge in [-0.2, -0.15) is 0 Å². The third-order valence-electron chi connectivity index (χ3n) is 7.06. The van der Waals surface area contributed by atoms with Crippen molar-refractivity contribution in [1.82, 2.24) is 0 Å². The summed E-state index contributed by atoms with van der Waals surface area (Å²) in [7, 11) is 4.62. The highest BCUT2D eigenvalue weighted by atomic mass is 16.6. The topological polar surface area (TPSA) is 198 Å². The van der Waals surface area contributed by atoms with Crippen LogP contribution in [0, 0.1) is 0 Å². The van der Waals surface area contributed by atoms with Crippen LogP contribution in [0.5, 0.6) is 11.5 Å². The van der Waals surface area contributed by atoms with Crippen molar-refractivity contribution in [2.75, 3.05) is 41.7 Å². The Labute approximate surface area is 263 Å². The molecule has 0 bridgehead atoms. The van der Waals surface area contributed by atoms with Crippen molar-refractivity contribution in [2.45, 2.75) is 24.7 Å². The average Bonchev–Trinajstić information content (AvgIpc) is 3.08. The number of ketones is 2. The van der Waals surface area contributed by atoms with Crippen molar-refractivity contribution in [3.05, 3.63) is 82.3 Å². The number of carbonyl (C=O) groups is 6. The molecule has 0 heterocycles. The summed E-state index contributed by atoms with van der Waals surface area (Å²) in [5.41, 5.74) is -0.599. The van der Waals surface area contributed by atoms with Gasteiger partial charge in [-0.1, -0.05) is 24.3 Å². The van der Waals surface area contributed by atoms with Crippen molar-refractivity contribution in [3.8, 4) is 11.5 Å². The Hall–Kier alpha value is -5.66. The first-order chi connectivity index (χ1) is 21.9. The van der Waals surface area contributed by atoms with Crippen molar-refractivity contribution < 1.29 is 67.4 Å². The van der Waals surface area contributed by atoms with Gasteiger partial charge in [0.2, 0.25) is 11.6 Å². The standard InChI is InChI=1S/C32H32O14/c1-41-23(33)13-21(17-5-9-19(10-6-17)45-15-25(35)43-3)27-29(37)31(39)28(32(40)30(27)38)22(14-24(34)42-2)18-7-11-20(12-8-18)46-16-26(36)44-4/h5-12,21-22,37,40H,13-16H2,1-4H3/t21-,22+. The van der Waals surface area contributed by atoms with E-state index in [9.17, 15) is 39.0 Å². The lowest BCUT2D eigenvalue weighted by Crippen LogP contribution is -2.31. The van der Waals surface area contributed by atoms with Crippen molar-refractivity contribution in [1.29, 1.82) is 0 Å². The van der Waals surface area contributed by atoms with Crippen LogP contribution >= 0.6 is 0 Å². The maximum Gasteiger partial charge on any atom is 0.343 e. The molecule has 0 saturated heterocycles. The number of hydrogen-bond donors (Lipinski definition) is 2. The quantitative estimate of drug-likeness (QED) is 0.173. The third-order valence-corrected chi connectivity index (χ3v) is 7.06. The summed E-state index contributed by atoms with van der Waals surface area (Å²) in [6.45, 7) is -0.754. The Balaban J connectivity index is 2.02. The van der Waals surface area contributed by atoms with Gasteiger partial charge in [-0.25, -0.2) is 9.59 Å². The lowest BCUT2D eigenvalue weighted by molar-refractivity contribution is -0.143. The molecule has 0 aromatic heterocycles. The van der Waals surface area contributed by atoms with E-state index in [-0.39, 0.29) is 35.8 Å². The molecule has 2 aromatic rings.